The van der Waals surface area contributed by atoms with Crippen molar-refractivity contribution in [2.45, 2.75) is 52.1 Å². The minimum atomic E-state index is -0.859. The molecule has 0 saturated heterocycles. The Labute approximate surface area is 128 Å². The lowest BCUT2D eigenvalue weighted by Crippen LogP contribution is -2.36. The highest BCUT2D eigenvalue weighted by atomic mass is 16.4. The van der Waals surface area contributed by atoms with Crippen LogP contribution in [0.2, 0.25) is 0 Å². The lowest BCUT2D eigenvalue weighted by atomic mass is 9.79. The van der Waals surface area contributed by atoms with Gasteiger partial charge in [0.25, 0.3) is 0 Å². The first-order valence-electron chi connectivity index (χ1n) is 8.00. The molecule has 1 aliphatic rings. The molecular weight excluding hydrogens is 262 g/mol. The summed E-state index contributed by atoms with van der Waals surface area (Å²) in [7, 11) is 2.19. The van der Waals surface area contributed by atoms with Crippen LogP contribution < -0.4 is 0 Å². The average Bonchev–Trinajstić information content (AvgIpc) is 2.48. The molecule has 2 rings (SSSR count). The van der Waals surface area contributed by atoms with E-state index in [-0.39, 0.29) is 0 Å². The molecule has 116 valence electrons. The normalized spacial score (nSPS) is 22.7. The first-order valence-corrected chi connectivity index (χ1v) is 8.00. The molecule has 1 aliphatic carbocycles. The van der Waals surface area contributed by atoms with Crippen molar-refractivity contribution in [2.75, 3.05) is 7.05 Å². The van der Waals surface area contributed by atoms with Crippen molar-refractivity contribution < 1.29 is 9.90 Å². The van der Waals surface area contributed by atoms with E-state index in [2.05, 4.69) is 25.8 Å². The molecule has 2 unspecified atom stereocenters. The first-order chi connectivity index (χ1) is 9.97. The van der Waals surface area contributed by atoms with Gasteiger partial charge in [0, 0.05) is 12.6 Å². The second kappa shape index (κ2) is 7.08. The van der Waals surface area contributed by atoms with Gasteiger partial charge in [-0.3, -0.25) is 4.90 Å². The van der Waals surface area contributed by atoms with E-state index in [1.165, 1.54) is 31.2 Å². The molecule has 0 bridgehead atoms. The zero-order chi connectivity index (χ0) is 15.4. The minimum absolute atomic E-state index is 0.360. The molecule has 2 atom stereocenters. The van der Waals surface area contributed by atoms with Gasteiger partial charge in [-0.25, -0.2) is 4.79 Å². The number of carboxylic acids is 1. The fourth-order valence-electron chi connectivity index (χ4n) is 3.38. The fourth-order valence-corrected chi connectivity index (χ4v) is 3.38. The van der Waals surface area contributed by atoms with Crippen molar-refractivity contribution in [3.63, 3.8) is 0 Å². The maximum absolute atomic E-state index is 10.9. The predicted molar refractivity (Wildman–Crippen MR) is 85.5 cm³/mol. The summed E-state index contributed by atoms with van der Waals surface area (Å²) in [5, 5.41) is 8.93. The van der Waals surface area contributed by atoms with Crippen molar-refractivity contribution in [1.82, 2.24) is 4.90 Å². The molecule has 1 N–H and O–H groups in total. The van der Waals surface area contributed by atoms with Crippen molar-refractivity contribution in [1.29, 1.82) is 0 Å². The smallest absolute Gasteiger partial charge is 0.335 e. The van der Waals surface area contributed by atoms with Crippen molar-refractivity contribution in [3.8, 4) is 0 Å². The lowest BCUT2D eigenvalue weighted by Gasteiger charge is -2.37. The molecule has 0 amide bonds. The second-order valence-corrected chi connectivity index (χ2v) is 6.74. The van der Waals surface area contributed by atoms with E-state index in [9.17, 15) is 4.79 Å². The largest absolute Gasteiger partial charge is 0.478 e. The Morgan fingerprint density at radius 1 is 1.29 bits per heavy atom. The van der Waals surface area contributed by atoms with Crippen LogP contribution in [0.15, 0.2) is 24.3 Å². The molecule has 1 saturated carbocycles. The van der Waals surface area contributed by atoms with Crippen LogP contribution in [0.4, 0.5) is 0 Å². The van der Waals surface area contributed by atoms with Crippen LogP contribution >= 0.6 is 0 Å². The molecule has 1 fully saturated rings. The van der Waals surface area contributed by atoms with E-state index in [1.54, 1.807) is 12.1 Å². The van der Waals surface area contributed by atoms with Crippen molar-refractivity contribution in [3.05, 3.63) is 35.4 Å². The van der Waals surface area contributed by atoms with E-state index in [0.29, 0.717) is 11.6 Å². The highest BCUT2D eigenvalue weighted by molar-refractivity contribution is 5.87. The molecule has 0 heterocycles. The number of carboxylic acid groups (broad SMARTS) is 1. The highest BCUT2D eigenvalue weighted by Crippen LogP contribution is 2.32. The van der Waals surface area contributed by atoms with Gasteiger partial charge in [0.15, 0.2) is 0 Å². The lowest BCUT2D eigenvalue weighted by molar-refractivity contribution is 0.0697. The summed E-state index contributed by atoms with van der Waals surface area (Å²) >= 11 is 0. The molecule has 21 heavy (non-hydrogen) atoms. The van der Waals surface area contributed by atoms with E-state index in [0.717, 1.165) is 18.4 Å². The van der Waals surface area contributed by atoms with Gasteiger partial charge in [-0.1, -0.05) is 38.8 Å². The summed E-state index contributed by atoms with van der Waals surface area (Å²) in [5.41, 5.74) is 1.55. The molecule has 3 heteroatoms. The van der Waals surface area contributed by atoms with Crippen molar-refractivity contribution in [2.24, 2.45) is 11.8 Å². The fraction of sp³-hybridized carbons (Fsp3) is 0.611. The third-order valence-corrected chi connectivity index (χ3v) is 4.89. The monoisotopic (exact) mass is 289 g/mol. The van der Waals surface area contributed by atoms with E-state index < -0.39 is 5.97 Å². The van der Waals surface area contributed by atoms with Gasteiger partial charge >= 0.3 is 5.97 Å². The third-order valence-electron chi connectivity index (χ3n) is 4.89. The number of nitrogens with zero attached hydrogens (tertiary/aromatic N) is 1. The van der Waals surface area contributed by atoms with E-state index in [1.807, 2.05) is 12.1 Å². The van der Waals surface area contributed by atoms with Gasteiger partial charge in [0.1, 0.15) is 0 Å². The zero-order valence-corrected chi connectivity index (χ0v) is 13.4. The zero-order valence-electron chi connectivity index (χ0n) is 13.4. The number of benzene rings is 1. The Kier molecular flexibility index (Phi) is 5.40. The second-order valence-electron chi connectivity index (χ2n) is 6.74. The van der Waals surface area contributed by atoms with Gasteiger partial charge in [0.05, 0.1) is 5.56 Å². The van der Waals surface area contributed by atoms with Crippen LogP contribution in [0.5, 0.6) is 0 Å². The van der Waals surface area contributed by atoms with Gasteiger partial charge < -0.3 is 5.11 Å². The summed E-state index contributed by atoms with van der Waals surface area (Å²) in [6, 6.07) is 7.92. The molecule has 3 nitrogen and oxygen atoms in total. The van der Waals surface area contributed by atoms with E-state index in [4.69, 9.17) is 5.11 Å². The van der Waals surface area contributed by atoms with Gasteiger partial charge in [-0.15, -0.1) is 0 Å². The summed E-state index contributed by atoms with van der Waals surface area (Å²) in [6.45, 7) is 5.56. The highest BCUT2D eigenvalue weighted by Gasteiger charge is 2.26. The third kappa shape index (κ3) is 4.31. The van der Waals surface area contributed by atoms with Crippen molar-refractivity contribution >= 4 is 5.97 Å². The van der Waals surface area contributed by atoms with Gasteiger partial charge in [-0.2, -0.15) is 0 Å². The van der Waals surface area contributed by atoms with Crippen LogP contribution in [0.1, 0.15) is 55.5 Å². The number of carbonyl (C=O) groups is 1. The number of aromatic carboxylic acids is 1. The van der Waals surface area contributed by atoms with Gasteiger partial charge in [-0.05, 0) is 49.4 Å². The topological polar surface area (TPSA) is 40.5 Å². The van der Waals surface area contributed by atoms with Crippen LogP contribution in [0.25, 0.3) is 0 Å². The Hall–Kier alpha value is -1.35. The molecule has 0 aromatic heterocycles. The molecular formula is C18H27NO2. The molecule has 1 aromatic carbocycles. The molecule has 1 aromatic rings. The summed E-state index contributed by atoms with van der Waals surface area (Å²) in [4.78, 5) is 13.3. The number of rotatable bonds is 5. The summed E-state index contributed by atoms with van der Waals surface area (Å²) in [6.07, 6.45) is 5.28. The Bertz CT molecular complexity index is 467. The van der Waals surface area contributed by atoms with Crippen LogP contribution in [0.3, 0.4) is 0 Å². The Morgan fingerprint density at radius 3 is 2.52 bits per heavy atom. The standard InChI is InChI=1S/C18H27NO2/c1-13(2)16-5-4-6-17(11-16)19(3)12-14-7-9-15(10-8-14)18(20)21/h7-10,13,16-17H,4-6,11-12H2,1-3H3,(H,20,21). The number of hydrogen-bond acceptors (Lipinski definition) is 2. The Morgan fingerprint density at radius 2 is 1.95 bits per heavy atom. The molecule has 0 aliphatic heterocycles. The summed E-state index contributed by atoms with van der Waals surface area (Å²) in [5.74, 6) is 0.763. The summed E-state index contributed by atoms with van der Waals surface area (Å²) < 4.78 is 0. The Balaban J connectivity index is 1.94. The molecule has 0 radical (unpaired) electrons. The van der Waals surface area contributed by atoms with E-state index >= 15 is 0 Å². The van der Waals surface area contributed by atoms with Crippen LogP contribution in [-0.4, -0.2) is 29.1 Å². The average molecular weight is 289 g/mol. The van der Waals surface area contributed by atoms with Crippen LogP contribution in [0, 0.1) is 11.8 Å². The molecule has 0 spiro atoms. The number of hydrogen-bond donors (Lipinski definition) is 1. The predicted octanol–water partition coefficient (Wildman–Crippen LogP) is 4.03. The maximum atomic E-state index is 10.9. The van der Waals surface area contributed by atoms with Crippen LogP contribution in [-0.2, 0) is 6.54 Å². The first kappa shape index (κ1) is 16.0. The quantitative estimate of drug-likeness (QED) is 0.889. The van der Waals surface area contributed by atoms with Gasteiger partial charge in [0.2, 0.25) is 0 Å². The maximum Gasteiger partial charge on any atom is 0.335 e. The minimum Gasteiger partial charge on any atom is -0.478 e. The SMILES string of the molecule is CC(C)C1CCCC(N(C)Cc2ccc(C(=O)O)cc2)C1.